The molecule has 1 fully saturated rings. The van der Waals surface area contributed by atoms with E-state index in [0.29, 0.717) is 18.3 Å². The SMILES string of the molecule is O=C(CNC1CC1)Nc1ccc(-n2cccn2)nc1. The summed E-state index contributed by atoms with van der Waals surface area (Å²) in [6, 6.07) is 6.00. The van der Waals surface area contributed by atoms with Crippen molar-refractivity contribution in [2.75, 3.05) is 11.9 Å². The molecule has 0 saturated heterocycles. The van der Waals surface area contributed by atoms with Crippen molar-refractivity contribution < 1.29 is 4.79 Å². The molecule has 6 heteroatoms. The fourth-order valence-electron chi connectivity index (χ4n) is 1.73. The number of nitrogens with one attached hydrogen (secondary N) is 2. The molecule has 3 rings (SSSR count). The molecule has 1 amide bonds. The second kappa shape index (κ2) is 5.19. The summed E-state index contributed by atoms with van der Waals surface area (Å²) >= 11 is 0. The van der Waals surface area contributed by atoms with E-state index in [-0.39, 0.29) is 5.91 Å². The molecule has 1 aliphatic rings. The van der Waals surface area contributed by atoms with Crippen molar-refractivity contribution in [1.29, 1.82) is 0 Å². The normalized spacial score (nSPS) is 14.3. The van der Waals surface area contributed by atoms with Gasteiger partial charge in [0, 0.05) is 18.4 Å². The third-order valence-electron chi connectivity index (χ3n) is 2.90. The third kappa shape index (κ3) is 3.17. The number of aromatic nitrogens is 3. The maximum absolute atomic E-state index is 11.6. The lowest BCUT2D eigenvalue weighted by molar-refractivity contribution is -0.115. The van der Waals surface area contributed by atoms with E-state index in [1.165, 1.54) is 12.8 Å². The van der Waals surface area contributed by atoms with Crippen LogP contribution >= 0.6 is 0 Å². The standard InChI is InChI=1S/C13H15N5O/c19-13(9-14-10-2-3-10)17-11-4-5-12(15-8-11)18-7-1-6-16-18/h1,4-8,10,14H,2-3,9H2,(H,17,19). The van der Waals surface area contributed by atoms with Crippen molar-refractivity contribution in [3.8, 4) is 5.82 Å². The van der Waals surface area contributed by atoms with Gasteiger partial charge in [0.2, 0.25) is 5.91 Å². The Labute approximate surface area is 110 Å². The zero-order valence-corrected chi connectivity index (χ0v) is 10.4. The van der Waals surface area contributed by atoms with Crippen LogP contribution in [-0.4, -0.2) is 33.3 Å². The predicted octanol–water partition coefficient (Wildman–Crippen LogP) is 0.958. The predicted molar refractivity (Wildman–Crippen MR) is 71.0 cm³/mol. The van der Waals surface area contributed by atoms with Crippen molar-refractivity contribution in [2.24, 2.45) is 0 Å². The highest BCUT2D eigenvalue weighted by molar-refractivity contribution is 5.92. The molecule has 98 valence electrons. The van der Waals surface area contributed by atoms with Crippen molar-refractivity contribution in [3.05, 3.63) is 36.8 Å². The van der Waals surface area contributed by atoms with E-state index in [4.69, 9.17) is 0 Å². The van der Waals surface area contributed by atoms with Gasteiger partial charge in [-0.2, -0.15) is 5.10 Å². The number of pyridine rings is 1. The highest BCUT2D eigenvalue weighted by Crippen LogP contribution is 2.18. The second-order valence-electron chi connectivity index (χ2n) is 4.56. The summed E-state index contributed by atoms with van der Waals surface area (Å²) < 4.78 is 1.67. The summed E-state index contributed by atoms with van der Waals surface area (Å²) in [5.41, 5.74) is 0.693. The zero-order valence-electron chi connectivity index (χ0n) is 10.4. The summed E-state index contributed by atoms with van der Waals surface area (Å²) in [6.45, 7) is 0.353. The number of nitrogens with zero attached hydrogens (tertiary/aromatic N) is 3. The lowest BCUT2D eigenvalue weighted by Gasteiger charge is -2.06. The van der Waals surface area contributed by atoms with Crippen molar-refractivity contribution in [1.82, 2.24) is 20.1 Å². The van der Waals surface area contributed by atoms with Gasteiger partial charge in [-0.1, -0.05) is 0 Å². The van der Waals surface area contributed by atoms with E-state index in [9.17, 15) is 4.79 Å². The summed E-state index contributed by atoms with van der Waals surface area (Å²) in [5.74, 6) is 0.680. The average molecular weight is 257 g/mol. The highest BCUT2D eigenvalue weighted by atomic mass is 16.1. The fourth-order valence-corrected chi connectivity index (χ4v) is 1.73. The third-order valence-corrected chi connectivity index (χ3v) is 2.90. The van der Waals surface area contributed by atoms with Crippen LogP contribution in [0.2, 0.25) is 0 Å². The van der Waals surface area contributed by atoms with Crippen LogP contribution in [-0.2, 0) is 4.79 Å². The lowest BCUT2D eigenvalue weighted by Crippen LogP contribution is -2.29. The number of amides is 1. The number of rotatable bonds is 5. The highest BCUT2D eigenvalue weighted by Gasteiger charge is 2.21. The van der Waals surface area contributed by atoms with Crippen LogP contribution < -0.4 is 10.6 Å². The topological polar surface area (TPSA) is 71.8 Å². The average Bonchev–Trinajstić information content (AvgIpc) is 3.10. The van der Waals surface area contributed by atoms with Gasteiger partial charge in [0.05, 0.1) is 18.4 Å². The van der Waals surface area contributed by atoms with Gasteiger partial charge in [-0.15, -0.1) is 0 Å². The Bertz CT molecular complexity index is 545. The van der Waals surface area contributed by atoms with E-state index >= 15 is 0 Å². The van der Waals surface area contributed by atoms with Crippen LogP contribution in [0.1, 0.15) is 12.8 Å². The molecule has 6 nitrogen and oxygen atoms in total. The molecule has 0 radical (unpaired) electrons. The number of hydrogen-bond acceptors (Lipinski definition) is 4. The van der Waals surface area contributed by atoms with Crippen molar-refractivity contribution in [3.63, 3.8) is 0 Å². The minimum Gasteiger partial charge on any atom is -0.324 e. The zero-order chi connectivity index (χ0) is 13.1. The Morgan fingerprint density at radius 2 is 2.32 bits per heavy atom. The van der Waals surface area contributed by atoms with Gasteiger partial charge in [0.1, 0.15) is 0 Å². The van der Waals surface area contributed by atoms with Crippen LogP contribution in [0.5, 0.6) is 0 Å². The number of carbonyl (C=O) groups is 1. The fraction of sp³-hybridized carbons (Fsp3) is 0.308. The largest absolute Gasteiger partial charge is 0.324 e. The van der Waals surface area contributed by atoms with E-state index in [0.717, 1.165) is 5.82 Å². The first kappa shape index (κ1) is 11.9. The van der Waals surface area contributed by atoms with Gasteiger partial charge in [-0.25, -0.2) is 9.67 Å². The van der Waals surface area contributed by atoms with Crippen LogP contribution in [0.4, 0.5) is 5.69 Å². The number of anilines is 1. The summed E-state index contributed by atoms with van der Waals surface area (Å²) in [5, 5.41) is 10.1. The number of hydrogen-bond donors (Lipinski definition) is 2. The van der Waals surface area contributed by atoms with Crippen LogP contribution in [0, 0.1) is 0 Å². The van der Waals surface area contributed by atoms with Gasteiger partial charge in [-0.05, 0) is 31.0 Å². The van der Waals surface area contributed by atoms with Gasteiger partial charge in [0.15, 0.2) is 5.82 Å². The van der Waals surface area contributed by atoms with Crippen LogP contribution in [0.15, 0.2) is 36.8 Å². The molecule has 1 aliphatic carbocycles. The maximum Gasteiger partial charge on any atom is 0.238 e. The molecule has 0 atom stereocenters. The van der Waals surface area contributed by atoms with Crippen LogP contribution in [0.3, 0.4) is 0 Å². The van der Waals surface area contributed by atoms with Gasteiger partial charge in [0.25, 0.3) is 0 Å². The minimum absolute atomic E-state index is 0.0412. The smallest absolute Gasteiger partial charge is 0.238 e. The minimum atomic E-state index is -0.0412. The van der Waals surface area contributed by atoms with Gasteiger partial charge >= 0.3 is 0 Å². The Balaban J connectivity index is 1.57. The molecular weight excluding hydrogens is 242 g/mol. The van der Waals surface area contributed by atoms with E-state index in [1.54, 1.807) is 17.1 Å². The molecule has 2 N–H and O–H groups in total. The summed E-state index contributed by atoms with van der Waals surface area (Å²) in [6.07, 6.45) is 7.49. The lowest BCUT2D eigenvalue weighted by atomic mass is 10.4. The van der Waals surface area contributed by atoms with E-state index < -0.39 is 0 Å². The first-order valence-corrected chi connectivity index (χ1v) is 6.30. The summed E-state index contributed by atoms with van der Waals surface area (Å²) in [7, 11) is 0. The Kier molecular flexibility index (Phi) is 3.24. The molecule has 1 saturated carbocycles. The van der Waals surface area contributed by atoms with Crippen LogP contribution in [0.25, 0.3) is 5.82 Å². The molecule has 0 aromatic carbocycles. The van der Waals surface area contributed by atoms with Gasteiger partial charge < -0.3 is 10.6 Å². The monoisotopic (exact) mass is 257 g/mol. The van der Waals surface area contributed by atoms with Crippen molar-refractivity contribution in [2.45, 2.75) is 18.9 Å². The van der Waals surface area contributed by atoms with Gasteiger partial charge in [-0.3, -0.25) is 4.79 Å². The Morgan fingerprint density at radius 3 is 2.95 bits per heavy atom. The molecule has 0 aliphatic heterocycles. The molecule has 0 bridgehead atoms. The molecular formula is C13H15N5O. The Hall–Kier alpha value is -2.21. The maximum atomic E-state index is 11.6. The number of carbonyl (C=O) groups excluding carboxylic acids is 1. The van der Waals surface area contributed by atoms with E-state index in [2.05, 4.69) is 20.7 Å². The molecule has 0 spiro atoms. The Morgan fingerprint density at radius 1 is 1.42 bits per heavy atom. The second-order valence-corrected chi connectivity index (χ2v) is 4.56. The molecule has 19 heavy (non-hydrogen) atoms. The molecule has 0 unspecified atom stereocenters. The quantitative estimate of drug-likeness (QED) is 0.836. The van der Waals surface area contributed by atoms with Crippen molar-refractivity contribution >= 4 is 11.6 Å². The van der Waals surface area contributed by atoms with E-state index in [1.807, 2.05) is 24.4 Å². The molecule has 2 aromatic rings. The molecule has 2 heterocycles. The molecule has 2 aromatic heterocycles. The first-order valence-electron chi connectivity index (χ1n) is 6.30. The summed E-state index contributed by atoms with van der Waals surface area (Å²) in [4.78, 5) is 15.9. The first-order chi connectivity index (χ1) is 9.31.